The predicted octanol–water partition coefficient (Wildman–Crippen LogP) is 3.08. The minimum absolute atomic E-state index is 0.0139. The van der Waals surface area contributed by atoms with Crippen LogP contribution >= 0.6 is 0 Å². The molecular formula is C18H26N2O2. The molecule has 2 atom stereocenters. The second kappa shape index (κ2) is 7.14. The lowest BCUT2D eigenvalue weighted by Crippen LogP contribution is -2.46. The molecule has 2 unspecified atom stereocenters. The van der Waals surface area contributed by atoms with Crippen molar-refractivity contribution in [1.29, 1.82) is 0 Å². The summed E-state index contributed by atoms with van der Waals surface area (Å²) in [6.45, 7) is 0.816. The van der Waals surface area contributed by atoms with E-state index in [1.165, 1.54) is 31.2 Å². The van der Waals surface area contributed by atoms with Crippen LogP contribution in [0.5, 0.6) is 0 Å². The standard InChI is InChI=1S/C18H26N2O2/c21-13-16-11-6-12-20(16)18(22)19-17(15-9-4-5-10-15)14-7-2-1-3-8-14/h1-3,7-8,15-17,21H,4-6,9-13H2,(H,19,22). The lowest BCUT2D eigenvalue weighted by Gasteiger charge is -2.30. The Bertz CT molecular complexity index is 485. The van der Waals surface area contributed by atoms with Crippen molar-refractivity contribution >= 4 is 6.03 Å². The van der Waals surface area contributed by atoms with Gasteiger partial charge in [-0.2, -0.15) is 0 Å². The van der Waals surface area contributed by atoms with Crippen LogP contribution in [0.25, 0.3) is 0 Å². The molecule has 4 heteroatoms. The maximum Gasteiger partial charge on any atom is 0.318 e. The average molecular weight is 302 g/mol. The Morgan fingerprint density at radius 1 is 1.18 bits per heavy atom. The second-order valence-electron chi connectivity index (χ2n) is 6.55. The number of benzene rings is 1. The van der Waals surface area contributed by atoms with Gasteiger partial charge in [0.2, 0.25) is 0 Å². The van der Waals surface area contributed by atoms with Gasteiger partial charge >= 0.3 is 6.03 Å². The van der Waals surface area contributed by atoms with Gasteiger partial charge in [-0.3, -0.25) is 0 Å². The number of amides is 2. The van der Waals surface area contributed by atoms with Crippen molar-refractivity contribution < 1.29 is 9.90 Å². The Morgan fingerprint density at radius 2 is 1.91 bits per heavy atom. The van der Waals surface area contributed by atoms with Crippen LogP contribution in [0, 0.1) is 5.92 Å². The molecule has 0 radical (unpaired) electrons. The molecule has 22 heavy (non-hydrogen) atoms. The summed E-state index contributed by atoms with van der Waals surface area (Å²) < 4.78 is 0. The van der Waals surface area contributed by atoms with Crippen LogP contribution < -0.4 is 5.32 Å². The monoisotopic (exact) mass is 302 g/mol. The highest BCUT2D eigenvalue weighted by Crippen LogP contribution is 2.36. The van der Waals surface area contributed by atoms with Crippen LogP contribution in [-0.2, 0) is 0 Å². The molecule has 2 N–H and O–H groups in total. The molecule has 1 aromatic rings. The maximum absolute atomic E-state index is 12.7. The molecule has 1 aliphatic carbocycles. The van der Waals surface area contributed by atoms with Crippen molar-refractivity contribution in [1.82, 2.24) is 10.2 Å². The molecule has 1 heterocycles. The summed E-state index contributed by atoms with van der Waals surface area (Å²) in [4.78, 5) is 14.5. The van der Waals surface area contributed by atoms with Crippen molar-refractivity contribution in [2.24, 2.45) is 5.92 Å². The summed E-state index contributed by atoms with van der Waals surface area (Å²) in [6.07, 6.45) is 6.77. The molecule has 120 valence electrons. The molecule has 0 aromatic heterocycles. The van der Waals surface area contributed by atoms with E-state index in [9.17, 15) is 9.90 Å². The number of aliphatic hydroxyl groups is 1. The lowest BCUT2D eigenvalue weighted by molar-refractivity contribution is 0.151. The van der Waals surface area contributed by atoms with Crippen LogP contribution in [0.4, 0.5) is 4.79 Å². The first-order valence-corrected chi connectivity index (χ1v) is 8.52. The van der Waals surface area contributed by atoms with E-state index in [1.807, 2.05) is 23.1 Å². The highest BCUT2D eigenvalue weighted by molar-refractivity contribution is 5.75. The molecule has 2 fully saturated rings. The van der Waals surface area contributed by atoms with Crippen LogP contribution in [0.1, 0.15) is 50.1 Å². The number of rotatable bonds is 4. The Labute approximate surface area is 132 Å². The molecule has 0 spiro atoms. The van der Waals surface area contributed by atoms with E-state index in [0.717, 1.165) is 19.4 Å². The summed E-state index contributed by atoms with van der Waals surface area (Å²) in [5, 5.41) is 12.7. The Morgan fingerprint density at radius 3 is 2.59 bits per heavy atom. The van der Waals surface area contributed by atoms with E-state index in [-0.39, 0.29) is 24.7 Å². The van der Waals surface area contributed by atoms with Crippen LogP contribution in [0.2, 0.25) is 0 Å². The topological polar surface area (TPSA) is 52.6 Å². The first-order chi connectivity index (χ1) is 10.8. The zero-order valence-corrected chi connectivity index (χ0v) is 13.1. The Balaban J connectivity index is 1.73. The van der Waals surface area contributed by atoms with Crippen molar-refractivity contribution in [3.05, 3.63) is 35.9 Å². The van der Waals surface area contributed by atoms with Crippen molar-refractivity contribution in [3.8, 4) is 0 Å². The van der Waals surface area contributed by atoms with Crippen LogP contribution in [0.3, 0.4) is 0 Å². The minimum atomic E-state index is -0.0164. The predicted molar refractivity (Wildman–Crippen MR) is 86.5 cm³/mol. The number of nitrogens with one attached hydrogen (secondary N) is 1. The maximum atomic E-state index is 12.7. The van der Waals surface area contributed by atoms with Gasteiger partial charge in [0.15, 0.2) is 0 Å². The van der Waals surface area contributed by atoms with E-state index in [2.05, 4.69) is 17.4 Å². The third-order valence-corrected chi connectivity index (χ3v) is 5.16. The molecular weight excluding hydrogens is 276 g/mol. The second-order valence-corrected chi connectivity index (χ2v) is 6.55. The lowest BCUT2D eigenvalue weighted by atomic mass is 9.92. The normalized spacial score (nSPS) is 23.7. The molecule has 1 saturated heterocycles. The first kappa shape index (κ1) is 15.3. The van der Waals surface area contributed by atoms with Gasteiger partial charge in [-0.05, 0) is 37.2 Å². The summed E-state index contributed by atoms with van der Waals surface area (Å²) >= 11 is 0. The number of carbonyl (C=O) groups excluding carboxylic acids is 1. The highest BCUT2D eigenvalue weighted by Gasteiger charge is 2.32. The quantitative estimate of drug-likeness (QED) is 0.898. The number of carbonyl (C=O) groups is 1. The smallest absolute Gasteiger partial charge is 0.318 e. The zero-order chi connectivity index (χ0) is 15.4. The molecule has 1 aromatic carbocycles. The Kier molecular flexibility index (Phi) is 4.98. The number of hydrogen-bond acceptors (Lipinski definition) is 2. The van der Waals surface area contributed by atoms with Crippen molar-refractivity contribution in [3.63, 3.8) is 0 Å². The summed E-state index contributed by atoms with van der Waals surface area (Å²) in [5.74, 6) is 0.529. The largest absolute Gasteiger partial charge is 0.394 e. The Hall–Kier alpha value is -1.55. The van der Waals surface area contributed by atoms with Gasteiger partial charge in [0, 0.05) is 6.54 Å². The van der Waals surface area contributed by atoms with Gasteiger partial charge in [-0.1, -0.05) is 43.2 Å². The average Bonchev–Trinajstić information content (AvgIpc) is 3.24. The van der Waals surface area contributed by atoms with E-state index in [4.69, 9.17) is 0 Å². The van der Waals surface area contributed by atoms with Crippen LogP contribution in [0.15, 0.2) is 30.3 Å². The molecule has 0 bridgehead atoms. The van der Waals surface area contributed by atoms with Gasteiger partial charge in [-0.15, -0.1) is 0 Å². The van der Waals surface area contributed by atoms with E-state index in [0.29, 0.717) is 5.92 Å². The number of likely N-dealkylation sites (tertiary alicyclic amines) is 1. The SMILES string of the molecule is O=C(NC(c1ccccc1)C1CCCC1)N1CCCC1CO. The molecule has 1 aliphatic heterocycles. The number of hydrogen-bond donors (Lipinski definition) is 2. The van der Waals surface area contributed by atoms with Crippen LogP contribution in [-0.4, -0.2) is 35.2 Å². The fourth-order valence-electron chi connectivity index (χ4n) is 3.93. The zero-order valence-electron chi connectivity index (χ0n) is 13.1. The van der Waals surface area contributed by atoms with Gasteiger partial charge in [0.1, 0.15) is 0 Å². The summed E-state index contributed by atoms with van der Waals surface area (Å²) in [5.41, 5.74) is 1.20. The van der Waals surface area contributed by atoms with Crippen molar-refractivity contribution in [2.45, 2.75) is 50.6 Å². The van der Waals surface area contributed by atoms with Gasteiger partial charge in [0.05, 0.1) is 18.7 Å². The molecule has 3 rings (SSSR count). The molecule has 4 nitrogen and oxygen atoms in total. The first-order valence-electron chi connectivity index (χ1n) is 8.52. The van der Waals surface area contributed by atoms with Gasteiger partial charge in [0.25, 0.3) is 0 Å². The molecule has 2 aliphatic rings. The van der Waals surface area contributed by atoms with Gasteiger partial charge in [-0.25, -0.2) is 4.79 Å². The highest BCUT2D eigenvalue weighted by atomic mass is 16.3. The summed E-state index contributed by atoms with van der Waals surface area (Å²) in [6, 6.07) is 10.4. The number of urea groups is 1. The fourth-order valence-corrected chi connectivity index (χ4v) is 3.93. The fraction of sp³-hybridized carbons (Fsp3) is 0.611. The number of nitrogens with zero attached hydrogens (tertiary/aromatic N) is 1. The third-order valence-electron chi connectivity index (χ3n) is 5.16. The summed E-state index contributed by atoms with van der Waals surface area (Å²) in [7, 11) is 0. The van der Waals surface area contributed by atoms with E-state index < -0.39 is 0 Å². The van der Waals surface area contributed by atoms with Gasteiger partial charge < -0.3 is 15.3 Å². The van der Waals surface area contributed by atoms with Crippen molar-refractivity contribution in [2.75, 3.05) is 13.2 Å². The third kappa shape index (κ3) is 3.27. The van der Waals surface area contributed by atoms with E-state index in [1.54, 1.807) is 0 Å². The molecule has 1 saturated carbocycles. The molecule has 2 amide bonds. The number of aliphatic hydroxyl groups excluding tert-OH is 1. The van der Waals surface area contributed by atoms with E-state index >= 15 is 0 Å². The minimum Gasteiger partial charge on any atom is -0.394 e.